The molecule has 3 fully saturated rings. The van der Waals surface area contributed by atoms with E-state index in [-0.39, 0.29) is 46.2 Å². The first-order valence-corrected chi connectivity index (χ1v) is 24.9. The normalized spacial score (nSPS) is 26.1. The molecule has 3 aliphatic heterocycles. The van der Waals surface area contributed by atoms with Crippen LogP contribution in [0.25, 0.3) is 0 Å². The molecule has 3 aliphatic rings. The summed E-state index contributed by atoms with van der Waals surface area (Å²) in [6.45, 7) is 1.97. The molecule has 372 valence electrons. The van der Waals surface area contributed by atoms with Crippen LogP contribution in [0, 0.1) is 0 Å². The molecule has 11 atom stereocenters. The van der Waals surface area contributed by atoms with Crippen molar-refractivity contribution in [3.8, 4) is 0 Å². The van der Waals surface area contributed by atoms with Crippen LogP contribution in [-0.4, -0.2) is 74.6 Å². The Bertz CT molecular complexity index is 2600. The van der Waals surface area contributed by atoms with Gasteiger partial charge in [0.1, 0.15) is 48.8 Å². The quantitative estimate of drug-likeness (QED) is 0.0649. The van der Waals surface area contributed by atoms with Gasteiger partial charge in [-0.3, -0.25) is 0 Å². The lowest BCUT2D eigenvalue weighted by atomic mass is 9.95. The topological polar surface area (TPSA) is 102 Å². The molecule has 0 radical (unpaired) electrons. The summed E-state index contributed by atoms with van der Waals surface area (Å²) < 4.78 is 76.5. The van der Waals surface area contributed by atoms with Crippen LogP contribution in [0.1, 0.15) is 45.2 Å². The molecule has 3 heterocycles. The third-order valence-corrected chi connectivity index (χ3v) is 13.0. The Morgan fingerprint density at radius 2 is 0.736 bits per heavy atom. The maximum absolute atomic E-state index is 7.55. The van der Waals surface area contributed by atoms with Gasteiger partial charge in [0.05, 0.1) is 52.9 Å². The molecule has 0 saturated carbocycles. The second kappa shape index (κ2) is 25.7. The van der Waals surface area contributed by atoms with Gasteiger partial charge in [0.2, 0.25) is 0 Å². The van der Waals surface area contributed by atoms with Crippen molar-refractivity contribution in [3.63, 3.8) is 0 Å². The fourth-order valence-electron chi connectivity index (χ4n) is 9.32. The minimum Gasteiger partial charge on any atom is -0.374 e. The zero-order chi connectivity index (χ0) is 48.6. The molecular formula is C61H62O11. The highest BCUT2D eigenvalue weighted by Gasteiger charge is 2.56. The predicted molar refractivity (Wildman–Crippen MR) is 270 cm³/mol. The van der Waals surface area contributed by atoms with Crippen molar-refractivity contribution >= 4 is 0 Å². The molecule has 11 nitrogen and oxygen atoms in total. The smallest absolute Gasteiger partial charge is 0.187 e. The summed E-state index contributed by atoms with van der Waals surface area (Å²) >= 11 is 0. The Hall–Kier alpha value is -5.90. The van der Waals surface area contributed by atoms with E-state index in [0.717, 1.165) is 38.9 Å². The highest BCUT2D eigenvalue weighted by atomic mass is 16.8. The summed E-state index contributed by atoms with van der Waals surface area (Å²) in [6, 6.07) is 70.2. The second-order valence-electron chi connectivity index (χ2n) is 18.2. The van der Waals surface area contributed by atoms with Gasteiger partial charge in [-0.15, -0.1) is 0 Å². The molecule has 10 rings (SSSR count). The fraction of sp³-hybridized carbons (Fsp3) is 0.311. The fourth-order valence-corrected chi connectivity index (χ4v) is 9.32. The van der Waals surface area contributed by atoms with E-state index in [9.17, 15) is 0 Å². The van der Waals surface area contributed by atoms with E-state index < -0.39 is 67.7 Å². The van der Waals surface area contributed by atoms with E-state index in [4.69, 9.17) is 52.1 Å². The number of fused-ring (bicyclic) bond motifs is 1. The summed E-state index contributed by atoms with van der Waals surface area (Å²) in [4.78, 5) is 0. The third-order valence-electron chi connectivity index (χ3n) is 13.0. The molecule has 1 unspecified atom stereocenters. The molecule has 3 saturated heterocycles. The van der Waals surface area contributed by atoms with Crippen LogP contribution in [0.4, 0.5) is 0 Å². The van der Waals surface area contributed by atoms with E-state index in [1.165, 1.54) is 0 Å². The van der Waals surface area contributed by atoms with Gasteiger partial charge in [-0.25, -0.2) is 0 Å². The lowest BCUT2D eigenvalue weighted by Gasteiger charge is -2.51. The molecule has 0 spiro atoms. The first-order valence-electron chi connectivity index (χ1n) is 24.9. The molecular weight excluding hydrogens is 909 g/mol. The average Bonchev–Trinajstić information content (AvgIpc) is 3.44. The highest BCUT2D eigenvalue weighted by molar-refractivity contribution is 5.20. The van der Waals surface area contributed by atoms with Crippen LogP contribution in [0.2, 0.25) is 0 Å². The molecule has 0 aromatic heterocycles. The summed E-state index contributed by atoms with van der Waals surface area (Å²) in [6.07, 6.45) is -8.66. The van der Waals surface area contributed by atoms with Crippen molar-refractivity contribution in [2.75, 3.05) is 13.2 Å². The Morgan fingerprint density at radius 1 is 0.347 bits per heavy atom. The van der Waals surface area contributed by atoms with Crippen LogP contribution in [-0.2, 0) is 91.7 Å². The van der Waals surface area contributed by atoms with Gasteiger partial charge < -0.3 is 52.1 Å². The van der Waals surface area contributed by atoms with Crippen molar-refractivity contribution in [1.82, 2.24) is 0 Å². The summed E-state index contributed by atoms with van der Waals surface area (Å²) in [5.74, 6) is 0. The summed E-state index contributed by atoms with van der Waals surface area (Å²) in [7, 11) is 0. The third kappa shape index (κ3) is 13.4. The zero-order valence-corrected chi connectivity index (χ0v) is 40.2. The van der Waals surface area contributed by atoms with E-state index in [2.05, 4.69) is 0 Å². The average molecular weight is 971 g/mol. The van der Waals surface area contributed by atoms with Gasteiger partial charge in [0.15, 0.2) is 18.9 Å². The van der Waals surface area contributed by atoms with Crippen LogP contribution in [0.15, 0.2) is 212 Å². The highest BCUT2D eigenvalue weighted by Crippen LogP contribution is 2.40. The number of hydrogen-bond acceptors (Lipinski definition) is 11. The lowest BCUT2D eigenvalue weighted by Crippen LogP contribution is -2.67. The SMILES string of the molecule is c1ccc(COC[C@H]2O[C@H](OCc3ccccc3)[C@H](OCc3ccccc3)[C@@H](O[C@@H]3O[C@@H]4COC(c5ccccc5)O[C@H]4[C@H](OCc4ccccc4)[C@@H]3OCc3ccccc3)[C@H]2OCc2ccccc2)cc1. The predicted octanol–water partition coefficient (Wildman–Crippen LogP) is 10.7. The van der Waals surface area contributed by atoms with Gasteiger partial charge in [0.25, 0.3) is 0 Å². The summed E-state index contributed by atoms with van der Waals surface area (Å²) in [5, 5.41) is 0. The van der Waals surface area contributed by atoms with E-state index in [0.29, 0.717) is 6.61 Å². The zero-order valence-electron chi connectivity index (χ0n) is 40.2. The Morgan fingerprint density at radius 3 is 1.21 bits per heavy atom. The molecule has 0 amide bonds. The van der Waals surface area contributed by atoms with Crippen molar-refractivity contribution in [1.29, 1.82) is 0 Å². The van der Waals surface area contributed by atoms with Gasteiger partial charge >= 0.3 is 0 Å². The number of rotatable bonds is 22. The molecule has 11 heteroatoms. The minimum atomic E-state index is -1.06. The van der Waals surface area contributed by atoms with Crippen molar-refractivity contribution in [2.45, 2.75) is 107 Å². The van der Waals surface area contributed by atoms with E-state index in [1.54, 1.807) is 0 Å². The van der Waals surface area contributed by atoms with Crippen molar-refractivity contribution in [2.24, 2.45) is 0 Å². The summed E-state index contributed by atoms with van der Waals surface area (Å²) in [5.41, 5.74) is 6.80. The van der Waals surface area contributed by atoms with Gasteiger partial charge in [-0.1, -0.05) is 212 Å². The number of hydrogen-bond donors (Lipinski definition) is 0. The van der Waals surface area contributed by atoms with Crippen LogP contribution < -0.4 is 0 Å². The van der Waals surface area contributed by atoms with Crippen LogP contribution >= 0.6 is 0 Å². The van der Waals surface area contributed by atoms with E-state index >= 15 is 0 Å². The molecule has 0 aliphatic carbocycles. The molecule has 0 N–H and O–H groups in total. The molecule has 0 bridgehead atoms. The molecule has 7 aromatic carbocycles. The van der Waals surface area contributed by atoms with Crippen molar-refractivity contribution in [3.05, 3.63) is 251 Å². The number of ether oxygens (including phenoxy) is 11. The molecule has 72 heavy (non-hydrogen) atoms. The maximum atomic E-state index is 7.55. The van der Waals surface area contributed by atoms with Gasteiger partial charge in [-0.05, 0) is 33.4 Å². The first kappa shape index (κ1) is 49.7. The Labute approximate surface area is 422 Å². The minimum absolute atomic E-state index is 0.153. The van der Waals surface area contributed by atoms with Crippen LogP contribution in [0.5, 0.6) is 0 Å². The monoisotopic (exact) mass is 970 g/mol. The van der Waals surface area contributed by atoms with Crippen molar-refractivity contribution < 1.29 is 52.1 Å². The lowest BCUT2D eigenvalue weighted by molar-refractivity contribution is -0.399. The first-order chi connectivity index (χ1) is 35.7. The largest absolute Gasteiger partial charge is 0.374 e. The number of benzene rings is 7. The van der Waals surface area contributed by atoms with Crippen LogP contribution in [0.3, 0.4) is 0 Å². The van der Waals surface area contributed by atoms with E-state index in [1.807, 2.05) is 212 Å². The Kier molecular flexibility index (Phi) is 17.7. The molecule has 7 aromatic rings. The maximum Gasteiger partial charge on any atom is 0.187 e. The standard InChI is InChI=1S/C61H62O11/c1-8-22-44(23-9-1)36-62-42-51-53(63-37-45-24-10-2-11-25-45)56(58(66-40-48-30-16-5-17-31-48)60(69-51)67-41-49-32-18-6-19-33-49)72-61-57(65-39-47-28-14-4-15-29-47)55(64-38-46-26-12-3-13-27-46)54-52(70-61)43-68-59(71-54)50-34-20-7-21-35-50/h1-35,51-61H,36-43H2/t51-,52-,53+,54-,55+,56+,57+,58-,59?,60+,61+/m1/s1. The Balaban J connectivity index is 1.04. The second-order valence-corrected chi connectivity index (χ2v) is 18.2. The van der Waals surface area contributed by atoms with Gasteiger partial charge in [0, 0.05) is 5.56 Å². The van der Waals surface area contributed by atoms with Gasteiger partial charge in [-0.2, -0.15) is 0 Å².